The van der Waals surface area contributed by atoms with Gasteiger partial charge in [-0.2, -0.15) is 0 Å². The predicted octanol–water partition coefficient (Wildman–Crippen LogP) is 1.79. The highest BCUT2D eigenvalue weighted by Crippen LogP contribution is 2.09. The molecular weight excluding hydrogens is 250 g/mol. The zero-order chi connectivity index (χ0) is 14.2. The highest BCUT2D eigenvalue weighted by atomic mass is 15.4. The topological polar surface area (TPSA) is 68.8 Å². The summed E-state index contributed by atoms with van der Waals surface area (Å²) in [7, 11) is 0. The van der Waals surface area contributed by atoms with Gasteiger partial charge in [0.05, 0.1) is 17.6 Å². The lowest BCUT2D eigenvalue weighted by Crippen LogP contribution is -2.15. The molecule has 0 fully saturated rings. The number of unbranched alkanes of at least 4 members (excludes halogenated alkanes) is 2. The van der Waals surface area contributed by atoms with Crippen molar-refractivity contribution in [2.75, 3.05) is 13.1 Å². The van der Waals surface area contributed by atoms with Gasteiger partial charge in [0.15, 0.2) is 0 Å². The zero-order valence-electron chi connectivity index (χ0n) is 12.0. The van der Waals surface area contributed by atoms with Crippen LogP contribution in [-0.4, -0.2) is 28.1 Å². The number of rotatable bonds is 8. The van der Waals surface area contributed by atoms with Gasteiger partial charge in [0, 0.05) is 6.54 Å². The summed E-state index contributed by atoms with van der Waals surface area (Å²) in [6.45, 7) is 4.61. The van der Waals surface area contributed by atoms with Gasteiger partial charge in [0.25, 0.3) is 0 Å². The van der Waals surface area contributed by atoms with Gasteiger partial charge in [-0.3, -0.25) is 0 Å². The Labute approximate surface area is 120 Å². The first kappa shape index (κ1) is 14.7. The van der Waals surface area contributed by atoms with E-state index in [1.165, 1.54) is 12.0 Å². The third-order valence-corrected chi connectivity index (χ3v) is 3.17. The molecule has 0 radical (unpaired) electrons. The third-order valence-electron chi connectivity index (χ3n) is 3.17. The number of hydrogen-bond donors (Lipinski definition) is 2. The van der Waals surface area contributed by atoms with Gasteiger partial charge in [-0.05, 0) is 50.6 Å². The average molecular weight is 273 g/mol. The number of benzene rings is 1. The standard InChI is InChI=1S/C15H23N5/c1-13-6-5-7-15(10-13)20-12-14(18-19-20)11-17-9-4-2-3-8-16/h5-7,10,12,17H,2-4,8-9,11,16H2,1H3. The van der Waals surface area contributed by atoms with Crippen LogP contribution in [0.25, 0.3) is 5.69 Å². The average Bonchev–Trinajstić information content (AvgIpc) is 2.91. The molecule has 3 N–H and O–H groups in total. The first-order valence-electron chi connectivity index (χ1n) is 7.18. The molecule has 0 aliphatic rings. The van der Waals surface area contributed by atoms with Crippen LogP contribution in [0, 0.1) is 6.92 Å². The van der Waals surface area contributed by atoms with Crippen LogP contribution in [-0.2, 0) is 6.54 Å². The monoisotopic (exact) mass is 273 g/mol. The summed E-state index contributed by atoms with van der Waals surface area (Å²) >= 11 is 0. The van der Waals surface area contributed by atoms with Crippen molar-refractivity contribution in [3.8, 4) is 5.69 Å². The van der Waals surface area contributed by atoms with Crippen molar-refractivity contribution in [1.82, 2.24) is 20.3 Å². The summed E-state index contributed by atoms with van der Waals surface area (Å²) < 4.78 is 1.82. The predicted molar refractivity (Wildman–Crippen MR) is 80.7 cm³/mol. The van der Waals surface area contributed by atoms with Crippen molar-refractivity contribution >= 4 is 0 Å². The molecule has 0 saturated heterocycles. The molecule has 108 valence electrons. The highest BCUT2D eigenvalue weighted by Gasteiger charge is 2.02. The number of aryl methyl sites for hydroxylation is 1. The van der Waals surface area contributed by atoms with Crippen molar-refractivity contribution in [1.29, 1.82) is 0 Å². The molecule has 0 saturated carbocycles. The van der Waals surface area contributed by atoms with E-state index in [1.54, 1.807) is 0 Å². The molecule has 0 bridgehead atoms. The lowest BCUT2D eigenvalue weighted by molar-refractivity contribution is 0.600. The van der Waals surface area contributed by atoms with E-state index >= 15 is 0 Å². The fourth-order valence-corrected chi connectivity index (χ4v) is 2.06. The SMILES string of the molecule is Cc1cccc(-n2cc(CNCCCCCN)nn2)c1. The molecule has 0 unspecified atom stereocenters. The van der Waals surface area contributed by atoms with Gasteiger partial charge in [-0.15, -0.1) is 5.10 Å². The quantitative estimate of drug-likeness (QED) is 0.720. The van der Waals surface area contributed by atoms with Crippen LogP contribution in [0.3, 0.4) is 0 Å². The van der Waals surface area contributed by atoms with Gasteiger partial charge in [-0.25, -0.2) is 4.68 Å². The summed E-state index contributed by atoms with van der Waals surface area (Å²) in [5.41, 5.74) is 8.69. The van der Waals surface area contributed by atoms with Crippen molar-refractivity contribution in [3.63, 3.8) is 0 Å². The maximum absolute atomic E-state index is 5.46. The van der Waals surface area contributed by atoms with Gasteiger partial charge in [0.2, 0.25) is 0 Å². The van der Waals surface area contributed by atoms with E-state index < -0.39 is 0 Å². The molecule has 20 heavy (non-hydrogen) atoms. The number of nitrogens with zero attached hydrogens (tertiary/aromatic N) is 3. The minimum atomic E-state index is 0.758. The summed E-state index contributed by atoms with van der Waals surface area (Å²) in [6.07, 6.45) is 5.41. The van der Waals surface area contributed by atoms with Crippen LogP contribution in [0.4, 0.5) is 0 Å². The summed E-state index contributed by atoms with van der Waals surface area (Å²) in [5.74, 6) is 0. The zero-order valence-corrected chi connectivity index (χ0v) is 12.0. The Morgan fingerprint density at radius 3 is 2.95 bits per heavy atom. The van der Waals surface area contributed by atoms with Crippen LogP contribution in [0.1, 0.15) is 30.5 Å². The lowest BCUT2D eigenvalue weighted by atomic mass is 10.2. The van der Waals surface area contributed by atoms with E-state index in [0.717, 1.165) is 43.9 Å². The molecule has 0 spiro atoms. The molecule has 5 heteroatoms. The fraction of sp³-hybridized carbons (Fsp3) is 0.467. The molecule has 0 atom stereocenters. The number of nitrogens with two attached hydrogens (primary N) is 1. The molecule has 1 aromatic carbocycles. The van der Waals surface area contributed by atoms with E-state index in [0.29, 0.717) is 0 Å². The maximum Gasteiger partial charge on any atom is 0.0969 e. The molecule has 0 aliphatic heterocycles. The largest absolute Gasteiger partial charge is 0.330 e. The summed E-state index contributed by atoms with van der Waals surface area (Å²) in [4.78, 5) is 0. The lowest BCUT2D eigenvalue weighted by Gasteiger charge is -2.02. The maximum atomic E-state index is 5.46. The second-order valence-electron chi connectivity index (χ2n) is 5.02. The van der Waals surface area contributed by atoms with Gasteiger partial charge in [0.1, 0.15) is 0 Å². The van der Waals surface area contributed by atoms with Gasteiger partial charge in [-0.1, -0.05) is 23.8 Å². The van der Waals surface area contributed by atoms with Crippen molar-refractivity contribution in [3.05, 3.63) is 41.7 Å². The minimum Gasteiger partial charge on any atom is -0.330 e. The van der Waals surface area contributed by atoms with Crippen LogP contribution in [0.5, 0.6) is 0 Å². The molecule has 2 aromatic rings. The molecular formula is C15H23N5. The van der Waals surface area contributed by atoms with Crippen molar-refractivity contribution in [2.45, 2.75) is 32.7 Å². The first-order valence-corrected chi connectivity index (χ1v) is 7.18. The Hall–Kier alpha value is -1.72. The highest BCUT2D eigenvalue weighted by molar-refractivity contribution is 5.34. The second-order valence-corrected chi connectivity index (χ2v) is 5.02. The Bertz CT molecular complexity index is 520. The van der Waals surface area contributed by atoms with Crippen LogP contribution >= 0.6 is 0 Å². The molecule has 1 aromatic heterocycles. The molecule has 5 nitrogen and oxygen atoms in total. The number of aromatic nitrogens is 3. The Balaban J connectivity index is 1.80. The van der Waals surface area contributed by atoms with E-state index in [4.69, 9.17) is 5.73 Å². The van der Waals surface area contributed by atoms with Crippen molar-refractivity contribution < 1.29 is 0 Å². The van der Waals surface area contributed by atoms with Gasteiger partial charge >= 0.3 is 0 Å². The molecule has 2 rings (SSSR count). The smallest absolute Gasteiger partial charge is 0.0969 e. The Kier molecular flexibility index (Phi) is 5.70. The third kappa shape index (κ3) is 4.43. The van der Waals surface area contributed by atoms with E-state index in [-0.39, 0.29) is 0 Å². The van der Waals surface area contributed by atoms with Crippen LogP contribution < -0.4 is 11.1 Å². The normalized spacial score (nSPS) is 10.9. The van der Waals surface area contributed by atoms with E-state index in [1.807, 2.05) is 23.0 Å². The molecule has 0 aliphatic carbocycles. The van der Waals surface area contributed by atoms with Crippen LogP contribution in [0.15, 0.2) is 30.5 Å². The second kappa shape index (κ2) is 7.77. The first-order chi connectivity index (χ1) is 9.79. The van der Waals surface area contributed by atoms with Crippen molar-refractivity contribution in [2.24, 2.45) is 5.73 Å². The molecule has 1 heterocycles. The summed E-state index contributed by atoms with van der Waals surface area (Å²) in [6, 6.07) is 8.23. The summed E-state index contributed by atoms with van der Waals surface area (Å²) in [5, 5.41) is 11.7. The molecule has 0 amide bonds. The Morgan fingerprint density at radius 1 is 1.25 bits per heavy atom. The van der Waals surface area contributed by atoms with Gasteiger partial charge < -0.3 is 11.1 Å². The number of nitrogens with one attached hydrogen (secondary N) is 1. The number of hydrogen-bond acceptors (Lipinski definition) is 4. The van der Waals surface area contributed by atoms with E-state index in [2.05, 4.69) is 34.7 Å². The fourth-order valence-electron chi connectivity index (χ4n) is 2.06. The van der Waals surface area contributed by atoms with E-state index in [9.17, 15) is 0 Å². The van der Waals surface area contributed by atoms with Crippen LogP contribution in [0.2, 0.25) is 0 Å². The Morgan fingerprint density at radius 2 is 2.15 bits per heavy atom. The minimum absolute atomic E-state index is 0.758.